The van der Waals surface area contributed by atoms with E-state index in [9.17, 15) is 4.79 Å². The van der Waals surface area contributed by atoms with Gasteiger partial charge in [-0.1, -0.05) is 48.2 Å². The molecule has 0 amide bonds. The lowest BCUT2D eigenvalue weighted by molar-refractivity contribution is -0.107. The molecule has 0 N–H and O–H groups in total. The molecular weight excluding hydrogens is 326 g/mol. The maximum atomic E-state index is 12.2. The van der Waals surface area contributed by atoms with Crippen LogP contribution in [0.3, 0.4) is 0 Å². The van der Waals surface area contributed by atoms with Gasteiger partial charge < -0.3 is 4.74 Å². The fourth-order valence-corrected chi connectivity index (χ4v) is 3.92. The SMILES string of the molecule is C=CCSC1=N/C(=C\c2c(OC)ccc3ccccc23)C(=O)S1. The minimum Gasteiger partial charge on any atom is -0.496 e. The van der Waals surface area contributed by atoms with Crippen molar-refractivity contribution in [2.45, 2.75) is 0 Å². The summed E-state index contributed by atoms with van der Waals surface area (Å²) in [6.45, 7) is 3.68. The lowest BCUT2D eigenvalue weighted by Gasteiger charge is -2.09. The average Bonchev–Trinajstić information content (AvgIpc) is 2.93. The van der Waals surface area contributed by atoms with Gasteiger partial charge in [0.05, 0.1) is 7.11 Å². The summed E-state index contributed by atoms with van der Waals surface area (Å²) >= 11 is 2.69. The monoisotopic (exact) mass is 341 g/mol. The van der Waals surface area contributed by atoms with Gasteiger partial charge in [0, 0.05) is 11.3 Å². The molecule has 5 heteroatoms. The predicted molar refractivity (Wildman–Crippen MR) is 101 cm³/mol. The molecular formula is C18H15NO2S2. The van der Waals surface area contributed by atoms with Gasteiger partial charge >= 0.3 is 0 Å². The zero-order valence-corrected chi connectivity index (χ0v) is 14.2. The van der Waals surface area contributed by atoms with E-state index in [1.807, 2.05) is 42.5 Å². The second-order valence-corrected chi connectivity index (χ2v) is 7.03. The van der Waals surface area contributed by atoms with Crippen molar-refractivity contribution in [2.75, 3.05) is 12.9 Å². The van der Waals surface area contributed by atoms with Crippen LogP contribution in [0, 0.1) is 0 Å². The van der Waals surface area contributed by atoms with Crippen LogP contribution in [0.5, 0.6) is 5.75 Å². The minimum absolute atomic E-state index is 0.0356. The van der Waals surface area contributed by atoms with Crippen LogP contribution < -0.4 is 4.74 Å². The van der Waals surface area contributed by atoms with Crippen LogP contribution in [0.25, 0.3) is 16.8 Å². The van der Waals surface area contributed by atoms with Crippen molar-refractivity contribution in [3.8, 4) is 5.75 Å². The predicted octanol–water partition coefficient (Wildman–Crippen LogP) is 4.74. The van der Waals surface area contributed by atoms with Crippen molar-refractivity contribution in [3.63, 3.8) is 0 Å². The molecule has 2 aromatic carbocycles. The summed E-state index contributed by atoms with van der Waals surface area (Å²) in [5, 5.41) is 2.11. The molecule has 0 radical (unpaired) electrons. The molecule has 3 rings (SSSR count). The quantitative estimate of drug-likeness (QED) is 0.595. The first kappa shape index (κ1) is 15.9. The molecule has 0 unspecified atom stereocenters. The molecule has 0 saturated heterocycles. The van der Waals surface area contributed by atoms with Gasteiger partial charge in [-0.05, 0) is 34.7 Å². The zero-order chi connectivity index (χ0) is 16.2. The molecule has 0 atom stereocenters. The van der Waals surface area contributed by atoms with Gasteiger partial charge in [0.1, 0.15) is 15.8 Å². The first-order valence-corrected chi connectivity index (χ1v) is 8.85. The van der Waals surface area contributed by atoms with Crippen LogP contribution in [-0.4, -0.2) is 22.4 Å². The second-order valence-electron chi connectivity index (χ2n) is 4.80. The Hall–Kier alpha value is -1.98. The topological polar surface area (TPSA) is 38.7 Å². The lowest BCUT2D eigenvalue weighted by Crippen LogP contribution is -1.92. The number of ether oxygens (including phenoxy) is 1. The van der Waals surface area contributed by atoms with E-state index in [1.165, 1.54) is 23.5 Å². The summed E-state index contributed by atoms with van der Waals surface area (Å²) in [7, 11) is 1.63. The highest BCUT2D eigenvalue weighted by atomic mass is 32.2. The highest BCUT2D eigenvalue weighted by Gasteiger charge is 2.23. The van der Waals surface area contributed by atoms with E-state index in [0.717, 1.165) is 32.2 Å². The Morgan fingerprint density at radius 2 is 2.13 bits per heavy atom. The molecule has 0 bridgehead atoms. The molecule has 1 aliphatic heterocycles. The molecule has 0 aromatic heterocycles. The Bertz CT molecular complexity index is 840. The molecule has 116 valence electrons. The standard InChI is InChI=1S/C18H15NO2S2/c1-3-10-22-18-19-15(17(20)23-18)11-14-13-7-5-4-6-12(13)8-9-16(14)21-2/h3-9,11H,1,10H2,2H3/b15-11-. The van der Waals surface area contributed by atoms with E-state index in [2.05, 4.69) is 11.6 Å². The van der Waals surface area contributed by atoms with Gasteiger partial charge in [-0.25, -0.2) is 4.99 Å². The zero-order valence-electron chi connectivity index (χ0n) is 12.6. The molecule has 0 saturated carbocycles. The third-order valence-corrected chi connectivity index (χ3v) is 5.36. The number of rotatable bonds is 4. The number of fused-ring (bicyclic) bond motifs is 1. The fraction of sp³-hybridized carbons (Fsp3) is 0.111. The number of aliphatic imine (C=N–C) groups is 1. The van der Waals surface area contributed by atoms with Crippen LogP contribution in [0.2, 0.25) is 0 Å². The van der Waals surface area contributed by atoms with E-state index in [4.69, 9.17) is 4.74 Å². The van der Waals surface area contributed by atoms with Crippen LogP contribution in [-0.2, 0) is 4.79 Å². The summed E-state index contributed by atoms with van der Waals surface area (Å²) in [6.07, 6.45) is 3.62. The van der Waals surface area contributed by atoms with Crippen molar-refractivity contribution in [3.05, 3.63) is 60.3 Å². The van der Waals surface area contributed by atoms with E-state index >= 15 is 0 Å². The van der Waals surface area contributed by atoms with Gasteiger partial charge in [0.2, 0.25) is 5.12 Å². The second kappa shape index (κ2) is 7.06. The summed E-state index contributed by atoms with van der Waals surface area (Å²) in [5.74, 6) is 1.47. The van der Waals surface area contributed by atoms with E-state index in [0.29, 0.717) is 5.70 Å². The van der Waals surface area contributed by atoms with Crippen LogP contribution in [0.15, 0.2) is 59.7 Å². The van der Waals surface area contributed by atoms with Gasteiger partial charge in [-0.15, -0.1) is 6.58 Å². The van der Waals surface area contributed by atoms with Gasteiger partial charge in [-0.3, -0.25) is 4.79 Å². The first-order valence-electron chi connectivity index (χ1n) is 7.05. The third kappa shape index (κ3) is 3.35. The number of hydrogen-bond donors (Lipinski definition) is 0. The van der Waals surface area contributed by atoms with Crippen molar-refractivity contribution in [1.29, 1.82) is 0 Å². The van der Waals surface area contributed by atoms with Crippen molar-refractivity contribution in [1.82, 2.24) is 0 Å². The fourth-order valence-electron chi connectivity index (χ4n) is 2.32. The number of thioether (sulfide) groups is 2. The summed E-state index contributed by atoms with van der Waals surface area (Å²) < 4.78 is 6.23. The summed E-state index contributed by atoms with van der Waals surface area (Å²) in [6, 6.07) is 12.0. The Kier molecular flexibility index (Phi) is 4.88. The van der Waals surface area contributed by atoms with Gasteiger partial charge in [0.15, 0.2) is 0 Å². The number of carbonyl (C=O) groups excluding carboxylic acids is 1. The Labute approximate surface area is 143 Å². The smallest absolute Gasteiger partial charge is 0.244 e. The molecule has 2 aromatic rings. The summed E-state index contributed by atoms with van der Waals surface area (Å²) in [4.78, 5) is 16.6. The number of hydrogen-bond acceptors (Lipinski definition) is 5. The number of nitrogens with zero attached hydrogens (tertiary/aromatic N) is 1. The van der Waals surface area contributed by atoms with Crippen LogP contribution in [0.1, 0.15) is 5.56 Å². The van der Waals surface area contributed by atoms with Crippen molar-refractivity contribution >= 4 is 49.9 Å². The Morgan fingerprint density at radius 1 is 1.30 bits per heavy atom. The highest BCUT2D eigenvalue weighted by molar-refractivity contribution is 8.45. The molecule has 0 fully saturated rings. The molecule has 3 nitrogen and oxygen atoms in total. The van der Waals surface area contributed by atoms with Gasteiger partial charge in [-0.2, -0.15) is 0 Å². The molecule has 0 aliphatic carbocycles. The molecule has 0 spiro atoms. The maximum Gasteiger partial charge on any atom is 0.244 e. The molecule has 23 heavy (non-hydrogen) atoms. The van der Waals surface area contributed by atoms with E-state index in [-0.39, 0.29) is 5.12 Å². The largest absolute Gasteiger partial charge is 0.496 e. The number of carbonyl (C=O) groups is 1. The highest BCUT2D eigenvalue weighted by Crippen LogP contribution is 2.35. The van der Waals surface area contributed by atoms with E-state index in [1.54, 1.807) is 13.2 Å². The Morgan fingerprint density at radius 3 is 2.91 bits per heavy atom. The first-order chi connectivity index (χ1) is 11.2. The van der Waals surface area contributed by atoms with Crippen LogP contribution >= 0.6 is 23.5 Å². The third-order valence-electron chi connectivity index (χ3n) is 3.36. The number of benzene rings is 2. The van der Waals surface area contributed by atoms with E-state index < -0.39 is 0 Å². The molecule has 1 aliphatic rings. The molecule has 1 heterocycles. The lowest BCUT2D eigenvalue weighted by atomic mass is 10.0. The van der Waals surface area contributed by atoms with Crippen LogP contribution in [0.4, 0.5) is 0 Å². The van der Waals surface area contributed by atoms with Crippen molar-refractivity contribution < 1.29 is 9.53 Å². The Balaban J connectivity index is 2.08. The van der Waals surface area contributed by atoms with Gasteiger partial charge in [0.25, 0.3) is 0 Å². The average molecular weight is 341 g/mol. The summed E-state index contributed by atoms with van der Waals surface area (Å²) in [5.41, 5.74) is 1.34. The normalized spacial score (nSPS) is 16.0. The maximum absolute atomic E-state index is 12.2. The van der Waals surface area contributed by atoms with Crippen molar-refractivity contribution in [2.24, 2.45) is 4.99 Å². The minimum atomic E-state index is -0.0356. The number of methoxy groups -OCH3 is 1.